The first-order valence-corrected chi connectivity index (χ1v) is 10.4. The van der Waals surface area contributed by atoms with Crippen molar-refractivity contribution in [3.63, 3.8) is 0 Å². The molecule has 3 rings (SSSR count). The van der Waals surface area contributed by atoms with Crippen LogP contribution in [0.5, 0.6) is 0 Å². The fourth-order valence-electron chi connectivity index (χ4n) is 2.63. The van der Waals surface area contributed by atoms with Crippen LogP contribution in [-0.4, -0.2) is 40.2 Å². The van der Waals surface area contributed by atoms with Gasteiger partial charge in [-0.25, -0.2) is 18.4 Å². The highest BCUT2D eigenvalue weighted by Gasteiger charge is 2.35. The average Bonchev–Trinajstić information content (AvgIpc) is 3.08. The predicted octanol–water partition coefficient (Wildman–Crippen LogP) is 2.72. The molecule has 0 bridgehead atoms. The lowest BCUT2D eigenvalue weighted by molar-refractivity contribution is -0.124. The molecule has 2 amide bonds. The maximum atomic E-state index is 13.3. The monoisotopic (exact) mass is 443 g/mol. The van der Waals surface area contributed by atoms with E-state index in [1.165, 1.54) is 41.7 Å². The van der Waals surface area contributed by atoms with Gasteiger partial charge in [-0.1, -0.05) is 11.6 Å². The summed E-state index contributed by atoms with van der Waals surface area (Å²) in [6, 6.07) is 2.90. The van der Waals surface area contributed by atoms with Gasteiger partial charge in [0.25, 0.3) is 0 Å². The number of nitrogens with zero attached hydrogens (tertiary/aromatic N) is 2. The van der Waals surface area contributed by atoms with Crippen LogP contribution in [-0.2, 0) is 16.1 Å². The molecule has 2 aromatic rings. The number of thiazole rings is 1. The zero-order chi connectivity index (χ0) is 20.3. The number of halogens is 2. The minimum atomic E-state index is -0.554. The summed E-state index contributed by atoms with van der Waals surface area (Å²) in [4.78, 5) is 30.4. The number of aryl methyl sites for hydroxylation is 1. The molecular weight excluding hydrogens is 425 g/mol. The Morgan fingerprint density at radius 3 is 2.89 bits per heavy atom. The van der Waals surface area contributed by atoms with Gasteiger partial charge in [-0.15, -0.1) is 11.3 Å². The number of hydrogen-bond donors (Lipinski definition) is 3. The summed E-state index contributed by atoms with van der Waals surface area (Å²) in [7, 11) is 1.76. The molecular formula is C17H19ClFN5O2S2. The second-order valence-corrected chi connectivity index (χ2v) is 8.98. The molecule has 7 nitrogen and oxygen atoms in total. The first-order valence-electron chi connectivity index (χ1n) is 8.43. The van der Waals surface area contributed by atoms with Gasteiger partial charge in [0.2, 0.25) is 11.8 Å². The lowest BCUT2D eigenvalue weighted by atomic mass is 10.1. The Labute approximate surface area is 175 Å². The van der Waals surface area contributed by atoms with Crippen LogP contribution < -0.4 is 15.4 Å². The van der Waals surface area contributed by atoms with E-state index in [1.807, 2.05) is 6.92 Å². The van der Waals surface area contributed by atoms with Crippen molar-refractivity contribution >= 4 is 52.6 Å². The molecule has 28 heavy (non-hydrogen) atoms. The molecule has 0 spiro atoms. The summed E-state index contributed by atoms with van der Waals surface area (Å²) >= 11 is 8.47. The van der Waals surface area contributed by atoms with Crippen LogP contribution in [0.1, 0.15) is 16.3 Å². The summed E-state index contributed by atoms with van der Waals surface area (Å²) in [5.74, 6) is -1.05. The molecule has 0 saturated carbocycles. The van der Waals surface area contributed by atoms with Gasteiger partial charge in [0.05, 0.1) is 17.6 Å². The van der Waals surface area contributed by atoms with Gasteiger partial charge in [0.1, 0.15) is 16.9 Å². The number of rotatable bonds is 5. The highest BCUT2D eigenvalue weighted by molar-refractivity contribution is 7.95. The topological polar surface area (TPSA) is 86.4 Å². The largest absolute Gasteiger partial charge is 0.348 e. The molecule has 150 valence electrons. The molecule has 1 aliphatic rings. The van der Waals surface area contributed by atoms with Crippen molar-refractivity contribution in [3.05, 3.63) is 45.1 Å². The predicted molar refractivity (Wildman–Crippen MR) is 109 cm³/mol. The third-order valence-corrected chi connectivity index (χ3v) is 6.26. The molecule has 1 aromatic carbocycles. The number of likely N-dealkylation sites (N-methyl/N-ethyl adjacent to an activating group) is 1. The Kier molecular flexibility index (Phi) is 6.89. The number of carbonyl (C=O) groups is 2. The highest BCUT2D eigenvalue weighted by Crippen LogP contribution is 2.24. The molecule has 0 aliphatic carbocycles. The van der Waals surface area contributed by atoms with Crippen LogP contribution in [0.3, 0.4) is 0 Å². The van der Waals surface area contributed by atoms with Gasteiger partial charge < -0.3 is 10.6 Å². The van der Waals surface area contributed by atoms with Gasteiger partial charge in [0, 0.05) is 28.9 Å². The number of nitrogens with one attached hydrogen (secondary N) is 3. The molecule has 1 fully saturated rings. The van der Waals surface area contributed by atoms with Crippen molar-refractivity contribution in [2.45, 2.75) is 32.0 Å². The molecule has 2 atom stereocenters. The second kappa shape index (κ2) is 9.19. The molecule has 1 aromatic heterocycles. The highest BCUT2D eigenvalue weighted by atomic mass is 35.5. The Bertz CT molecular complexity index is 881. The molecule has 11 heteroatoms. The second-order valence-electron chi connectivity index (χ2n) is 6.26. The van der Waals surface area contributed by atoms with Crippen molar-refractivity contribution in [3.8, 4) is 0 Å². The maximum Gasteiger partial charge on any atom is 0.242 e. The van der Waals surface area contributed by atoms with Gasteiger partial charge >= 0.3 is 0 Å². The van der Waals surface area contributed by atoms with Crippen molar-refractivity contribution in [1.29, 1.82) is 0 Å². The van der Waals surface area contributed by atoms with E-state index in [4.69, 9.17) is 11.6 Å². The zero-order valence-electron chi connectivity index (χ0n) is 15.2. The van der Waals surface area contributed by atoms with E-state index in [1.54, 1.807) is 17.5 Å². The lowest BCUT2D eigenvalue weighted by Gasteiger charge is -2.34. The lowest BCUT2D eigenvalue weighted by Crippen LogP contribution is -2.53. The standard InChI is InChI=1S/C17H19ClFN5O2S2/c1-9-7-20-15(27-9)8-21-16(25)13-6-14(24(2)28-23-13)17(26)22-10-3-4-12(19)11(18)5-10/h3-5,7,13-14,23H,6,8H2,1-2H3,(H,21,25)(H,22,26). The van der Waals surface area contributed by atoms with E-state index < -0.39 is 17.9 Å². The van der Waals surface area contributed by atoms with Gasteiger partial charge in [-0.3, -0.25) is 9.59 Å². The first-order chi connectivity index (χ1) is 13.3. The van der Waals surface area contributed by atoms with Crippen molar-refractivity contribution in [1.82, 2.24) is 19.3 Å². The quantitative estimate of drug-likeness (QED) is 0.616. The van der Waals surface area contributed by atoms with Crippen molar-refractivity contribution in [2.24, 2.45) is 0 Å². The van der Waals surface area contributed by atoms with Gasteiger partial charge in [0.15, 0.2) is 0 Å². The number of benzene rings is 1. The fraction of sp³-hybridized carbons (Fsp3) is 0.353. The van der Waals surface area contributed by atoms with Crippen LogP contribution in [0.4, 0.5) is 10.1 Å². The smallest absolute Gasteiger partial charge is 0.242 e. The van der Waals surface area contributed by atoms with E-state index in [0.717, 1.165) is 9.88 Å². The third kappa shape index (κ3) is 5.21. The molecule has 2 unspecified atom stereocenters. The first kappa shape index (κ1) is 21.0. The summed E-state index contributed by atoms with van der Waals surface area (Å²) in [5, 5.41) is 6.32. The van der Waals surface area contributed by atoms with Crippen LogP contribution in [0.25, 0.3) is 0 Å². The average molecular weight is 444 g/mol. The van der Waals surface area contributed by atoms with E-state index in [0.29, 0.717) is 12.2 Å². The normalized spacial score (nSPS) is 20.0. The fourth-order valence-corrected chi connectivity index (χ4v) is 4.34. The molecule has 1 saturated heterocycles. The Morgan fingerprint density at radius 2 is 2.21 bits per heavy atom. The number of hydrogen-bond acceptors (Lipinski definition) is 7. The summed E-state index contributed by atoms with van der Waals surface area (Å²) in [6.07, 6.45) is 2.05. The number of anilines is 1. The Hall–Kier alpha value is -1.72. The van der Waals surface area contributed by atoms with Gasteiger partial charge in [-0.05, 0) is 38.6 Å². The molecule has 1 aliphatic heterocycles. The molecule has 3 N–H and O–H groups in total. The maximum absolute atomic E-state index is 13.3. The van der Waals surface area contributed by atoms with E-state index >= 15 is 0 Å². The van der Waals surface area contributed by atoms with E-state index in [-0.39, 0.29) is 23.3 Å². The van der Waals surface area contributed by atoms with E-state index in [9.17, 15) is 14.0 Å². The van der Waals surface area contributed by atoms with Crippen molar-refractivity contribution < 1.29 is 14.0 Å². The number of carbonyl (C=O) groups excluding carboxylic acids is 2. The van der Waals surface area contributed by atoms with Crippen molar-refractivity contribution in [2.75, 3.05) is 12.4 Å². The third-order valence-electron chi connectivity index (χ3n) is 4.13. The van der Waals surface area contributed by atoms with Crippen LogP contribution in [0.15, 0.2) is 24.4 Å². The minimum absolute atomic E-state index is 0.0690. The zero-order valence-corrected chi connectivity index (χ0v) is 17.6. The molecule has 2 heterocycles. The minimum Gasteiger partial charge on any atom is -0.348 e. The number of amides is 2. The Morgan fingerprint density at radius 1 is 1.43 bits per heavy atom. The number of aromatic nitrogens is 1. The summed E-state index contributed by atoms with van der Waals surface area (Å²) < 4.78 is 18.0. The van der Waals surface area contributed by atoms with Crippen LogP contribution in [0, 0.1) is 12.7 Å². The Balaban J connectivity index is 1.58. The van der Waals surface area contributed by atoms with E-state index in [2.05, 4.69) is 20.3 Å². The summed E-state index contributed by atoms with van der Waals surface area (Å²) in [5.41, 5.74) is 0.397. The van der Waals surface area contributed by atoms with Gasteiger partial charge in [-0.2, -0.15) is 0 Å². The SMILES string of the molecule is Cc1cnc(CNC(=O)C2CC(C(=O)Nc3ccc(F)c(Cl)c3)N(C)SN2)s1. The van der Waals surface area contributed by atoms with Crippen LogP contribution in [0.2, 0.25) is 5.02 Å². The molecule has 0 radical (unpaired) electrons. The van der Waals surface area contributed by atoms with Crippen LogP contribution >= 0.6 is 35.1 Å². The summed E-state index contributed by atoms with van der Waals surface area (Å²) in [6.45, 7) is 2.30.